The quantitative estimate of drug-likeness (QED) is 0.895. The highest BCUT2D eigenvalue weighted by atomic mass is 32.1. The van der Waals surface area contributed by atoms with Gasteiger partial charge in [-0.2, -0.15) is 0 Å². The Bertz CT molecular complexity index is 444. The summed E-state index contributed by atoms with van der Waals surface area (Å²) in [6.45, 7) is 0.910. The highest BCUT2D eigenvalue weighted by molar-refractivity contribution is 7.12. The second-order valence-corrected chi connectivity index (χ2v) is 8.03. The molecule has 4 bridgehead atoms. The van der Waals surface area contributed by atoms with E-state index in [-0.39, 0.29) is 5.91 Å². The lowest BCUT2D eigenvalue weighted by Gasteiger charge is -2.56. The van der Waals surface area contributed by atoms with E-state index >= 15 is 0 Å². The lowest BCUT2D eigenvalue weighted by atomic mass is 9.49. The van der Waals surface area contributed by atoms with Crippen LogP contribution in [0.2, 0.25) is 0 Å². The third-order valence-corrected chi connectivity index (χ3v) is 6.40. The monoisotopic (exact) mass is 275 g/mol. The molecule has 0 unspecified atom stereocenters. The van der Waals surface area contributed by atoms with Crippen molar-refractivity contribution in [1.29, 1.82) is 0 Å². The summed E-state index contributed by atoms with van der Waals surface area (Å²) in [4.78, 5) is 12.9. The highest BCUT2D eigenvalue weighted by Gasteiger charge is 2.50. The number of amides is 1. The van der Waals surface area contributed by atoms with Crippen LogP contribution in [0, 0.1) is 23.2 Å². The summed E-state index contributed by atoms with van der Waals surface area (Å²) in [5.74, 6) is 3.02. The fourth-order valence-corrected chi connectivity index (χ4v) is 5.91. The zero-order chi connectivity index (χ0) is 12.9. The minimum atomic E-state index is 0.130. The Morgan fingerprint density at radius 1 is 1.21 bits per heavy atom. The molecule has 4 aliphatic carbocycles. The molecule has 4 fully saturated rings. The van der Waals surface area contributed by atoms with Gasteiger partial charge < -0.3 is 5.32 Å². The Labute approximate surface area is 118 Å². The molecule has 0 radical (unpaired) electrons. The molecule has 0 aliphatic heterocycles. The van der Waals surface area contributed by atoms with Gasteiger partial charge in [-0.05, 0) is 73.1 Å². The van der Waals surface area contributed by atoms with Crippen LogP contribution in [0.25, 0.3) is 0 Å². The van der Waals surface area contributed by atoms with Crippen LogP contribution in [0.5, 0.6) is 0 Å². The standard InChI is InChI=1S/C16H21NOS/c18-15(14-2-1-3-19-14)17-10-16-7-11-4-12(8-16)6-13(5-11)9-16/h1-3,11-13H,4-10H2,(H,17,18). The number of thiophene rings is 1. The zero-order valence-corrected chi connectivity index (χ0v) is 12.0. The van der Waals surface area contributed by atoms with Crippen molar-refractivity contribution < 1.29 is 4.79 Å². The minimum Gasteiger partial charge on any atom is -0.351 e. The first kappa shape index (κ1) is 12.0. The van der Waals surface area contributed by atoms with Crippen LogP contribution in [0.4, 0.5) is 0 Å². The van der Waals surface area contributed by atoms with Crippen LogP contribution in [0.3, 0.4) is 0 Å². The number of hydrogen-bond donors (Lipinski definition) is 1. The summed E-state index contributed by atoms with van der Waals surface area (Å²) in [7, 11) is 0. The highest BCUT2D eigenvalue weighted by Crippen LogP contribution is 2.59. The van der Waals surface area contributed by atoms with Crippen molar-refractivity contribution in [3.8, 4) is 0 Å². The van der Waals surface area contributed by atoms with Crippen LogP contribution in [-0.2, 0) is 0 Å². The Morgan fingerprint density at radius 2 is 1.84 bits per heavy atom. The van der Waals surface area contributed by atoms with Gasteiger partial charge in [-0.1, -0.05) is 6.07 Å². The van der Waals surface area contributed by atoms with Crippen molar-refractivity contribution in [2.24, 2.45) is 23.2 Å². The zero-order valence-electron chi connectivity index (χ0n) is 11.2. The van der Waals surface area contributed by atoms with Gasteiger partial charge in [0.25, 0.3) is 5.91 Å². The fourth-order valence-electron chi connectivity index (χ4n) is 5.27. The van der Waals surface area contributed by atoms with Crippen LogP contribution < -0.4 is 5.32 Å². The molecule has 4 aliphatic rings. The maximum absolute atomic E-state index is 12.1. The fraction of sp³-hybridized carbons (Fsp3) is 0.688. The van der Waals surface area contributed by atoms with Gasteiger partial charge >= 0.3 is 0 Å². The number of carbonyl (C=O) groups is 1. The minimum absolute atomic E-state index is 0.130. The lowest BCUT2D eigenvalue weighted by Crippen LogP contribution is -2.51. The van der Waals surface area contributed by atoms with Crippen molar-refractivity contribution in [3.63, 3.8) is 0 Å². The van der Waals surface area contributed by atoms with E-state index in [1.807, 2.05) is 17.5 Å². The predicted octanol–water partition coefficient (Wildman–Crippen LogP) is 3.69. The van der Waals surface area contributed by atoms with Crippen LogP contribution in [-0.4, -0.2) is 12.5 Å². The van der Waals surface area contributed by atoms with Gasteiger partial charge in [0.1, 0.15) is 0 Å². The SMILES string of the molecule is O=C(NCC12CC3CC(CC(C3)C1)C2)c1cccs1. The predicted molar refractivity (Wildman–Crippen MR) is 77.3 cm³/mol. The molecule has 19 heavy (non-hydrogen) atoms. The lowest BCUT2D eigenvalue weighted by molar-refractivity contribution is -0.0503. The van der Waals surface area contributed by atoms with Gasteiger partial charge in [-0.3, -0.25) is 4.79 Å². The average Bonchev–Trinajstić information content (AvgIpc) is 2.88. The summed E-state index contributed by atoms with van der Waals surface area (Å²) in [6.07, 6.45) is 8.51. The molecule has 0 spiro atoms. The normalized spacial score (nSPS) is 39.5. The van der Waals surface area contributed by atoms with Gasteiger partial charge in [0, 0.05) is 6.54 Å². The summed E-state index contributed by atoms with van der Waals surface area (Å²) >= 11 is 1.54. The second kappa shape index (κ2) is 4.34. The van der Waals surface area contributed by atoms with Crippen LogP contribution >= 0.6 is 11.3 Å². The maximum atomic E-state index is 12.1. The van der Waals surface area contributed by atoms with E-state index in [2.05, 4.69) is 5.32 Å². The Morgan fingerprint density at radius 3 is 2.37 bits per heavy atom. The molecule has 1 N–H and O–H groups in total. The smallest absolute Gasteiger partial charge is 0.261 e. The van der Waals surface area contributed by atoms with E-state index in [9.17, 15) is 4.79 Å². The van der Waals surface area contributed by atoms with E-state index in [0.29, 0.717) is 5.41 Å². The van der Waals surface area contributed by atoms with Crippen LogP contribution in [0.15, 0.2) is 17.5 Å². The van der Waals surface area contributed by atoms with E-state index in [0.717, 1.165) is 29.2 Å². The largest absolute Gasteiger partial charge is 0.351 e. The van der Waals surface area contributed by atoms with Crippen molar-refractivity contribution in [2.45, 2.75) is 38.5 Å². The number of hydrogen-bond acceptors (Lipinski definition) is 2. The Kier molecular flexibility index (Phi) is 2.73. The third-order valence-electron chi connectivity index (χ3n) is 5.53. The maximum Gasteiger partial charge on any atom is 0.261 e. The molecule has 5 rings (SSSR count). The first-order valence-electron chi connectivity index (χ1n) is 7.54. The molecule has 4 saturated carbocycles. The second-order valence-electron chi connectivity index (χ2n) is 7.08. The molecule has 0 aromatic carbocycles. The number of nitrogens with one attached hydrogen (secondary N) is 1. The molecule has 1 heterocycles. The van der Waals surface area contributed by atoms with Crippen molar-refractivity contribution in [2.75, 3.05) is 6.54 Å². The molecule has 1 aromatic heterocycles. The van der Waals surface area contributed by atoms with E-state index in [1.165, 1.54) is 49.9 Å². The molecule has 2 nitrogen and oxygen atoms in total. The molecule has 0 atom stereocenters. The Balaban J connectivity index is 1.44. The van der Waals surface area contributed by atoms with Crippen molar-refractivity contribution >= 4 is 17.2 Å². The average molecular weight is 275 g/mol. The Hall–Kier alpha value is -0.830. The van der Waals surface area contributed by atoms with Gasteiger partial charge in [0.15, 0.2) is 0 Å². The molecular weight excluding hydrogens is 254 g/mol. The summed E-state index contributed by atoms with van der Waals surface area (Å²) in [5.41, 5.74) is 0.446. The molecule has 1 amide bonds. The van der Waals surface area contributed by atoms with E-state index < -0.39 is 0 Å². The topological polar surface area (TPSA) is 29.1 Å². The molecule has 1 aromatic rings. The van der Waals surface area contributed by atoms with E-state index in [4.69, 9.17) is 0 Å². The first-order chi connectivity index (χ1) is 9.22. The van der Waals surface area contributed by atoms with Crippen molar-refractivity contribution in [3.05, 3.63) is 22.4 Å². The summed E-state index contributed by atoms with van der Waals surface area (Å²) < 4.78 is 0. The van der Waals surface area contributed by atoms with Gasteiger partial charge in [0.05, 0.1) is 4.88 Å². The van der Waals surface area contributed by atoms with Gasteiger partial charge in [0.2, 0.25) is 0 Å². The van der Waals surface area contributed by atoms with Crippen molar-refractivity contribution in [1.82, 2.24) is 5.32 Å². The summed E-state index contributed by atoms with van der Waals surface area (Å²) in [5, 5.41) is 5.19. The molecular formula is C16H21NOS. The molecule has 0 saturated heterocycles. The number of rotatable bonds is 3. The number of carbonyl (C=O) groups excluding carboxylic acids is 1. The molecule has 3 heteroatoms. The van der Waals surface area contributed by atoms with Gasteiger partial charge in [-0.15, -0.1) is 11.3 Å². The van der Waals surface area contributed by atoms with Gasteiger partial charge in [-0.25, -0.2) is 0 Å². The molecule has 102 valence electrons. The first-order valence-corrected chi connectivity index (χ1v) is 8.42. The van der Waals surface area contributed by atoms with E-state index in [1.54, 1.807) is 0 Å². The third kappa shape index (κ3) is 2.12. The summed E-state index contributed by atoms with van der Waals surface area (Å²) in [6, 6.07) is 3.87. The van der Waals surface area contributed by atoms with Crippen LogP contribution in [0.1, 0.15) is 48.2 Å².